The van der Waals surface area contributed by atoms with Crippen LogP contribution in [0.3, 0.4) is 0 Å². The lowest BCUT2D eigenvalue weighted by Gasteiger charge is -2.33. The fourth-order valence-corrected chi connectivity index (χ4v) is 3.69. The highest BCUT2D eigenvalue weighted by Gasteiger charge is 2.24. The Hall–Kier alpha value is -0.990. The minimum absolute atomic E-state index is 0.656. The molecular formula is C17H23ClN2. The van der Waals surface area contributed by atoms with Gasteiger partial charge in [0.25, 0.3) is 0 Å². The van der Waals surface area contributed by atoms with Gasteiger partial charge in [-0.25, -0.2) is 0 Å². The van der Waals surface area contributed by atoms with Crippen LogP contribution >= 0.6 is 11.6 Å². The van der Waals surface area contributed by atoms with Crippen molar-refractivity contribution in [2.45, 2.75) is 45.7 Å². The van der Waals surface area contributed by atoms with Crippen LogP contribution in [-0.4, -0.2) is 11.0 Å². The highest BCUT2D eigenvalue weighted by molar-refractivity contribution is 6.31. The van der Waals surface area contributed by atoms with Crippen molar-refractivity contribution in [3.05, 3.63) is 35.0 Å². The molecule has 1 aromatic heterocycles. The number of H-pyrrole nitrogens is 1. The van der Waals surface area contributed by atoms with Gasteiger partial charge in [0.2, 0.25) is 0 Å². The molecule has 2 nitrogen and oxygen atoms in total. The van der Waals surface area contributed by atoms with Crippen LogP contribution in [0.5, 0.6) is 0 Å². The van der Waals surface area contributed by atoms with E-state index in [2.05, 4.69) is 36.4 Å². The van der Waals surface area contributed by atoms with Crippen molar-refractivity contribution < 1.29 is 0 Å². The summed E-state index contributed by atoms with van der Waals surface area (Å²) in [6.07, 6.45) is 6.10. The minimum atomic E-state index is 0.656. The number of nitrogens with one attached hydrogen (secondary N) is 2. The van der Waals surface area contributed by atoms with Crippen molar-refractivity contribution in [1.82, 2.24) is 10.3 Å². The number of hydrogen-bond acceptors (Lipinski definition) is 1. The molecule has 0 spiro atoms. The highest BCUT2D eigenvalue weighted by atomic mass is 35.5. The average molecular weight is 291 g/mol. The predicted molar refractivity (Wildman–Crippen MR) is 86.1 cm³/mol. The van der Waals surface area contributed by atoms with Gasteiger partial charge in [-0.3, -0.25) is 0 Å². The molecule has 0 aliphatic heterocycles. The molecule has 3 rings (SSSR count). The Morgan fingerprint density at radius 1 is 1.30 bits per heavy atom. The van der Waals surface area contributed by atoms with Gasteiger partial charge in [0.05, 0.1) is 0 Å². The number of aromatic nitrogens is 1. The number of aromatic amines is 1. The van der Waals surface area contributed by atoms with Gasteiger partial charge in [0.15, 0.2) is 0 Å². The van der Waals surface area contributed by atoms with E-state index in [1.165, 1.54) is 30.2 Å². The molecule has 20 heavy (non-hydrogen) atoms. The molecule has 3 atom stereocenters. The first-order valence-electron chi connectivity index (χ1n) is 7.62. The van der Waals surface area contributed by atoms with E-state index < -0.39 is 0 Å². The summed E-state index contributed by atoms with van der Waals surface area (Å²) in [5.41, 5.74) is 2.46. The van der Waals surface area contributed by atoms with Crippen LogP contribution in [0.4, 0.5) is 0 Å². The number of halogens is 1. The van der Waals surface area contributed by atoms with Gasteiger partial charge in [0.1, 0.15) is 0 Å². The lowest BCUT2D eigenvalue weighted by molar-refractivity contribution is 0.227. The molecule has 0 amide bonds. The van der Waals surface area contributed by atoms with E-state index in [9.17, 15) is 0 Å². The van der Waals surface area contributed by atoms with Crippen molar-refractivity contribution in [1.29, 1.82) is 0 Å². The molecule has 1 aliphatic rings. The molecule has 0 bridgehead atoms. The second kappa shape index (κ2) is 5.79. The normalized spacial score (nSPS) is 27.1. The zero-order valence-electron chi connectivity index (χ0n) is 12.2. The lowest BCUT2D eigenvalue weighted by Crippen LogP contribution is -2.38. The summed E-state index contributed by atoms with van der Waals surface area (Å²) in [6.45, 7) is 5.68. The second-order valence-electron chi connectivity index (χ2n) is 6.39. The summed E-state index contributed by atoms with van der Waals surface area (Å²) in [5.74, 6) is 1.66. The van der Waals surface area contributed by atoms with E-state index in [-0.39, 0.29) is 0 Å². The minimum Gasteiger partial charge on any atom is -0.361 e. The number of benzene rings is 1. The number of fused-ring (bicyclic) bond motifs is 1. The van der Waals surface area contributed by atoms with E-state index >= 15 is 0 Å². The zero-order valence-corrected chi connectivity index (χ0v) is 13.0. The molecule has 1 aliphatic carbocycles. The van der Waals surface area contributed by atoms with Crippen LogP contribution in [0.2, 0.25) is 5.02 Å². The van der Waals surface area contributed by atoms with E-state index in [1.807, 2.05) is 12.1 Å². The third kappa shape index (κ3) is 2.87. The van der Waals surface area contributed by atoms with Gasteiger partial charge >= 0.3 is 0 Å². The topological polar surface area (TPSA) is 27.8 Å². The largest absolute Gasteiger partial charge is 0.361 e. The smallest absolute Gasteiger partial charge is 0.0472 e. The standard InChI is InChI=1S/C17H23ClN2/c1-11-3-6-16(12(2)7-11)19-9-13-10-20-17-8-14(18)4-5-15(13)17/h4-5,8,10-12,16,19-20H,3,6-7,9H2,1-2H3. The molecule has 108 valence electrons. The average Bonchev–Trinajstić information content (AvgIpc) is 2.80. The zero-order chi connectivity index (χ0) is 14.1. The molecule has 1 heterocycles. The molecule has 3 heteroatoms. The van der Waals surface area contributed by atoms with Gasteiger partial charge in [-0.15, -0.1) is 0 Å². The third-order valence-corrected chi connectivity index (χ3v) is 4.95. The molecule has 0 radical (unpaired) electrons. The highest BCUT2D eigenvalue weighted by Crippen LogP contribution is 2.29. The van der Waals surface area contributed by atoms with E-state index in [1.54, 1.807) is 0 Å². The van der Waals surface area contributed by atoms with Gasteiger partial charge in [-0.2, -0.15) is 0 Å². The van der Waals surface area contributed by atoms with Gasteiger partial charge in [0, 0.05) is 34.7 Å². The third-order valence-electron chi connectivity index (χ3n) is 4.72. The molecule has 3 unspecified atom stereocenters. The SMILES string of the molecule is CC1CCC(NCc2c[nH]c3cc(Cl)ccc23)C(C)C1. The molecule has 2 N–H and O–H groups in total. The second-order valence-corrected chi connectivity index (χ2v) is 6.82. The maximum absolute atomic E-state index is 6.02. The van der Waals surface area contributed by atoms with Crippen LogP contribution in [0, 0.1) is 11.8 Å². The maximum atomic E-state index is 6.02. The Morgan fingerprint density at radius 2 is 2.15 bits per heavy atom. The fourth-order valence-electron chi connectivity index (χ4n) is 3.51. The van der Waals surface area contributed by atoms with Crippen LogP contribution in [0.1, 0.15) is 38.7 Å². The molecule has 0 saturated heterocycles. The summed E-state index contributed by atoms with van der Waals surface area (Å²) in [7, 11) is 0. The number of rotatable bonds is 3. The summed E-state index contributed by atoms with van der Waals surface area (Å²) in [4.78, 5) is 3.31. The van der Waals surface area contributed by atoms with Crippen molar-refractivity contribution in [2.24, 2.45) is 11.8 Å². The lowest BCUT2D eigenvalue weighted by atomic mass is 9.80. The van der Waals surface area contributed by atoms with Crippen LogP contribution in [-0.2, 0) is 6.54 Å². The van der Waals surface area contributed by atoms with Gasteiger partial charge < -0.3 is 10.3 Å². The molecule has 1 fully saturated rings. The molecular weight excluding hydrogens is 268 g/mol. The summed E-state index contributed by atoms with van der Waals surface area (Å²) < 4.78 is 0. The quantitative estimate of drug-likeness (QED) is 0.840. The monoisotopic (exact) mass is 290 g/mol. The molecule has 1 saturated carbocycles. The van der Waals surface area contributed by atoms with Crippen LogP contribution in [0.25, 0.3) is 10.9 Å². The van der Waals surface area contributed by atoms with E-state index in [0.29, 0.717) is 6.04 Å². The first kappa shape index (κ1) is 14.0. The Bertz CT molecular complexity index is 590. The van der Waals surface area contributed by atoms with E-state index in [4.69, 9.17) is 11.6 Å². The summed E-state index contributed by atoms with van der Waals surface area (Å²) in [5, 5.41) is 5.81. The van der Waals surface area contributed by atoms with Crippen molar-refractivity contribution in [3.63, 3.8) is 0 Å². The Kier molecular flexibility index (Phi) is 4.04. The summed E-state index contributed by atoms with van der Waals surface area (Å²) >= 11 is 6.02. The van der Waals surface area contributed by atoms with Crippen molar-refractivity contribution in [2.75, 3.05) is 0 Å². The van der Waals surface area contributed by atoms with Crippen molar-refractivity contribution >= 4 is 22.5 Å². The first-order valence-corrected chi connectivity index (χ1v) is 8.00. The Balaban J connectivity index is 1.68. The van der Waals surface area contributed by atoms with Crippen LogP contribution < -0.4 is 5.32 Å². The number of hydrogen-bond donors (Lipinski definition) is 2. The predicted octanol–water partition coefficient (Wildman–Crippen LogP) is 4.74. The van der Waals surface area contributed by atoms with E-state index in [0.717, 1.165) is 28.9 Å². The fraction of sp³-hybridized carbons (Fsp3) is 0.529. The van der Waals surface area contributed by atoms with Crippen LogP contribution in [0.15, 0.2) is 24.4 Å². The molecule has 2 aromatic rings. The Labute approximate surface area is 125 Å². The maximum Gasteiger partial charge on any atom is 0.0472 e. The van der Waals surface area contributed by atoms with Gasteiger partial charge in [-0.1, -0.05) is 31.5 Å². The van der Waals surface area contributed by atoms with Gasteiger partial charge in [-0.05, 0) is 48.8 Å². The van der Waals surface area contributed by atoms with Crippen molar-refractivity contribution in [3.8, 4) is 0 Å². The molecule has 1 aromatic carbocycles. The summed E-state index contributed by atoms with van der Waals surface area (Å²) in [6, 6.07) is 6.72. The Morgan fingerprint density at radius 3 is 2.95 bits per heavy atom. The first-order chi connectivity index (χ1) is 9.63.